The Morgan fingerprint density at radius 1 is 1.20 bits per heavy atom. The number of H-pyrrole nitrogens is 1. The molecular formula is C19H17FN2O3. The molecular weight excluding hydrogens is 323 g/mol. The summed E-state index contributed by atoms with van der Waals surface area (Å²) >= 11 is 0. The lowest BCUT2D eigenvalue weighted by molar-refractivity contribution is -0.136. The summed E-state index contributed by atoms with van der Waals surface area (Å²) in [7, 11) is 1.59. The number of nitrogens with one attached hydrogen (secondary N) is 1. The number of carboxylic acid groups (broad SMARTS) is 1. The third-order valence-corrected chi connectivity index (χ3v) is 3.91. The van der Waals surface area contributed by atoms with E-state index in [2.05, 4.69) is 10.2 Å². The Bertz CT molecular complexity index is 888. The molecule has 6 heteroatoms. The molecule has 0 aliphatic heterocycles. The summed E-state index contributed by atoms with van der Waals surface area (Å²) in [5.41, 5.74) is 3.57. The van der Waals surface area contributed by atoms with Gasteiger partial charge in [0.1, 0.15) is 11.6 Å². The van der Waals surface area contributed by atoms with Gasteiger partial charge in [0, 0.05) is 17.5 Å². The first-order chi connectivity index (χ1) is 12.1. The Balaban J connectivity index is 2.10. The summed E-state index contributed by atoms with van der Waals surface area (Å²) in [5.74, 6) is -0.525. The predicted octanol–water partition coefficient (Wildman–Crippen LogP) is 3.91. The molecule has 1 aromatic heterocycles. The summed E-state index contributed by atoms with van der Waals surface area (Å²) in [5, 5.41) is 16.2. The van der Waals surface area contributed by atoms with Gasteiger partial charge >= 0.3 is 5.97 Å². The van der Waals surface area contributed by atoms with Gasteiger partial charge in [-0.05, 0) is 29.8 Å². The number of aromatic amines is 1. The summed E-state index contributed by atoms with van der Waals surface area (Å²) in [6, 6.07) is 13.6. The van der Waals surface area contributed by atoms with Crippen molar-refractivity contribution in [3.63, 3.8) is 0 Å². The first-order valence-electron chi connectivity index (χ1n) is 7.78. The highest BCUT2D eigenvalue weighted by Gasteiger charge is 2.18. The van der Waals surface area contributed by atoms with E-state index >= 15 is 0 Å². The maximum absolute atomic E-state index is 13.6. The number of benzene rings is 2. The van der Waals surface area contributed by atoms with Crippen molar-refractivity contribution in [2.24, 2.45) is 0 Å². The van der Waals surface area contributed by atoms with Crippen LogP contribution in [0.5, 0.6) is 5.75 Å². The van der Waals surface area contributed by atoms with Gasteiger partial charge in [-0.15, -0.1) is 0 Å². The molecule has 3 rings (SSSR count). The van der Waals surface area contributed by atoms with E-state index in [-0.39, 0.29) is 18.7 Å². The zero-order chi connectivity index (χ0) is 17.8. The fourth-order valence-electron chi connectivity index (χ4n) is 2.71. The monoisotopic (exact) mass is 340 g/mol. The molecule has 2 aromatic carbocycles. The summed E-state index contributed by atoms with van der Waals surface area (Å²) in [4.78, 5) is 10.9. The number of carbonyl (C=O) groups is 1. The molecule has 128 valence electrons. The van der Waals surface area contributed by atoms with Gasteiger partial charge < -0.3 is 9.84 Å². The van der Waals surface area contributed by atoms with Gasteiger partial charge in [-0.2, -0.15) is 5.10 Å². The van der Waals surface area contributed by atoms with Crippen molar-refractivity contribution in [3.8, 4) is 28.1 Å². The van der Waals surface area contributed by atoms with Gasteiger partial charge in [-0.1, -0.05) is 24.3 Å². The van der Waals surface area contributed by atoms with E-state index in [0.717, 1.165) is 11.1 Å². The second kappa shape index (κ2) is 7.17. The molecule has 0 fully saturated rings. The average molecular weight is 340 g/mol. The largest absolute Gasteiger partial charge is 0.497 e. The topological polar surface area (TPSA) is 75.2 Å². The molecule has 0 aliphatic rings. The van der Waals surface area contributed by atoms with Crippen LogP contribution in [0.2, 0.25) is 0 Å². The summed E-state index contributed by atoms with van der Waals surface area (Å²) in [6.07, 6.45) is 0.249. The molecule has 5 nitrogen and oxygen atoms in total. The summed E-state index contributed by atoms with van der Waals surface area (Å²) in [6.45, 7) is 0. The Morgan fingerprint density at radius 2 is 1.96 bits per heavy atom. The van der Waals surface area contributed by atoms with E-state index in [0.29, 0.717) is 22.7 Å². The van der Waals surface area contributed by atoms with Crippen LogP contribution in [0.15, 0.2) is 48.5 Å². The van der Waals surface area contributed by atoms with Crippen molar-refractivity contribution in [2.75, 3.05) is 7.11 Å². The molecule has 0 bridgehead atoms. The van der Waals surface area contributed by atoms with E-state index < -0.39 is 5.97 Å². The van der Waals surface area contributed by atoms with Crippen molar-refractivity contribution >= 4 is 5.97 Å². The maximum atomic E-state index is 13.6. The lowest BCUT2D eigenvalue weighted by Gasteiger charge is -2.08. The Morgan fingerprint density at radius 3 is 2.60 bits per heavy atom. The second-order valence-corrected chi connectivity index (χ2v) is 5.55. The molecule has 25 heavy (non-hydrogen) atoms. The number of aromatic nitrogens is 2. The van der Waals surface area contributed by atoms with Crippen molar-refractivity contribution in [1.82, 2.24) is 10.2 Å². The minimum atomic E-state index is -0.893. The number of carboxylic acids is 1. The fourth-order valence-corrected chi connectivity index (χ4v) is 2.71. The molecule has 2 N–H and O–H groups in total. The lowest BCUT2D eigenvalue weighted by atomic mass is 9.97. The smallest absolute Gasteiger partial charge is 0.303 e. The highest BCUT2D eigenvalue weighted by Crippen LogP contribution is 2.34. The third-order valence-electron chi connectivity index (χ3n) is 3.91. The number of ether oxygens (including phenoxy) is 1. The van der Waals surface area contributed by atoms with Gasteiger partial charge in [0.25, 0.3) is 0 Å². The zero-order valence-electron chi connectivity index (χ0n) is 13.6. The molecule has 0 amide bonds. The normalized spacial score (nSPS) is 10.6. The fraction of sp³-hybridized carbons (Fsp3) is 0.158. The van der Waals surface area contributed by atoms with Gasteiger partial charge in [0.15, 0.2) is 0 Å². The van der Waals surface area contributed by atoms with Gasteiger partial charge in [-0.3, -0.25) is 9.89 Å². The van der Waals surface area contributed by atoms with Crippen LogP contribution in [0.1, 0.15) is 12.1 Å². The van der Waals surface area contributed by atoms with Crippen molar-refractivity contribution in [1.29, 1.82) is 0 Å². The van der Waals surface area contributed by atoms with Crippen molar-refractivity contribution < 1.29 is 19.0 Å². The van der Waals surface area contributed by atoms with Crippen LogP contribution in [-0.4, -0.2) is 28.4 Å². The van der Waals surface area contributed by atoms with Crippen LogP contribution in [0.25, 0.3) is 22.4 Å². The van der Waals surface area contributed by atoms with Crippen LogP contribution in [0.4, 0.5) is 4.39 Å². The molecule has 0 saturated heterocycles. The molecule has 0 unspecified atom stereocenters. The summed E-state index contributed by atoms with van der Waals surface area (Å²) < 4.78 is 18.8. The van der Waals surface area contributed by atoms with Crippen molar-refractivity contribution in [2.45, 2.75) is 12.8 Å². The van der Waals surface area contributed by atoms with Crippen LogP contribution >= 0.6 is 0 Å². The van der Waals surface area contributed by atoms with E-state index in [1.165, 1.54) is 12.1 Å². The van der Waals surface area contributed by atoms with Gasteiger partial charge in [-0.25, -0.2) is 4.39 Å². The molecule has 0 radical (unpaired) electrons. The van der Waals surface area contributed by atoms with Crippen LogP contribution in [0.3, 0.4) is 0 Å². The molecule has 0 atom stereocenters. The lowest BCUT2D eigenvalue weighted by Crippen LogP contribution is -1.99. The van der Waals surface area contributed by atoms with E-state index in [1.54, 1.807) is 19.2 Å². The maximum Gasteiger partial charge on any atom is 0.303 e. The Kier molecular flexibility index (Phi) is 4.79. The molecule has 3 aromatic rings. The minimum Gasteiger partial charge on any atom is -0.497 e. The number of rotatable bonds is 6. The average Bonchev–Trinajstić information content (AvgIpc) is 3.04. The molecule has 1 heterocycles. The van der Waals surface area contributed by atoms with E-state index in [9.17, 15) is 9.18 Å². The number of halogens is 1. The van der Waals surface area contributed by atoms with E-state index in [4.69, 9.17) is 9.84 Å². The van der Waals surface area contributed by atoms with Gasteiger partial charge in [0.2, 0.25) is 0 Å². The number of aryl methyl sites for hydroxylation is 1. The number of hydrogen-bond donors (Lipinski definition) is 2. The Labute approximate surface area is 144 Å². The van der Waals surface area contributed by atoms with Gasteiger partial charge in [0.05, 0.1) is 24.9 Å². The first kappa shape index (κ1) is 16.7. The SMILES string of the molecule is COc1ccc(-c2c(CCC(=O)O)n[nH]c2-c2cccc(F)c2)cc1. The molecule has 0 saturated carbocycles. The first-order valence-corrected chi connectivity index (χ1v) is 7.78. The number of methoxy groups -OCH3 is 1. The molecule has 0 aliphatic carbocycles. The van der Waals surface area contributed by atoms with E-state index in [1.807, 2.05) is 24.3 Å². The minimum absolute atomic E-state index is 0.0312. The Hall–Kier alpha value is -3.15. The van der Waals surface area contributed by atoms with Crippen molar-refractivity contribution in [3.05, 3.63) is 60.0 Å². The van der Waals surface area contributed by atoms with Crippen LogP contribution in [0, 0.1) is 5.82 Å². The van der Waals surface area contributed by atoms with Crippen LogP contribution in [-0.2, 0) is 11.2 Å². The zero-order valence-corrected chi connectivity index (χ0v) is 13.6. The number of nitrogens with zero attached hydrogens (tertiary/aromatic N) is 1. The molecule has 0 spiro atoms. The third kappa shape index (κ3) is 3.68. The number of hydrogen-bond acceptors (Lipinski definition) is 3. The quantitative estimate of drug-likeness (QED) is 0.713. The van der Waals surface area contributed by atoms with Crippen LogP contribution < -0.4 is 4.74 Å². The number of aliphatic carboxylic acids is 1. The highest BCUT2D eigenvalue weighted by atomic mass is 19.1. The predicted molar refractivity (Wildman–Crippen MR) is 91.9 cm³/mol. The standard InChI is InChI=1S/C19H17FN2O3/c1-25-15-7-5-12(6-8-15)18-16(9-10-17(23)24)21-22-19(18)13-3-2-4-14(20)11-13/h2-8,11H,9-10H2,1H3,(H,21,22)(H,23,24). The highest BCUT2D eigenvalue weighted by molar-refractivity contribution is 5.83. The second-order valence-electron chi connectivity index (χ2n) is 5.55.